The summed E-state index contributed by atoms with van der Waals surface area (Å²) in [5.74, 6) is -1.79. The van der Waals surface area contributed by atoms with E-state index in [0.717, 1.165) is 22.3 Å². The average molecular weight is 481 g/mol. The van der Waals surface area contributed by atoms with Gasteiger partial charge in [-0.3, -0.25) is 9.59 Å². The van der Waals surface area contributed by atoms with Crippen molar-refractivity contribution in [3.8, 4) is 11.1 Å². The summed E-state index contributed by atoms with van der Waals surface area (Å²) in [6.45, 7) is 9.58. The zero-order chi connectivity index (χ0) is 25.8. The lowest BCUT2D eigenvalue weighted by molar-refractivity contribution is -0.146. The maximum absolute atomic E-state index is 13.4. The quantitative estimate of drug-likeness (QED) is 0.532. The average Bonchev–Trinajstić information content (AvgIpc) is 3.12. The van der Waals surface area contributed by atoms with Crippen molar-refractivity contribution in [3.05, 3.63) is 59.7 Å². The van der Waals surface area contributed by atoms with Crippen LogP contribution in [0.5, 0.6) is 0 Å². The number of fused-ring (bicyclic) bond motifs is 3. The molecule has 1 aliphatic carbocycles. The number of amides is 2. The molecule has 2 N–H and O–H groups in total. The zero-order valence-electron chi connectivity index (χ0n) is 21.2. The SMILES string of the molecule is CCC(C)[C@H](NC(=O)OCC1c2ccccc2-c2ccccc21)C(=O)N(CC(=O)O)CC(C)(C)C. The summed E-state index contributed by atoms with van der Waals surface area (Å²) in [6, 6.07) is 15.3. The van der Waals surface area contributed by atoms with Gasteiger partial charge >= 0.3 is 12.1 Å². The van der Waals surface area contributed by atoms with Crippen LogP contribution in [0, 0.1) is 11.3 Å². The van der Waals surface area contributed by atoms with Crippen LogP contribution >= 0.6 is 0 Å². The number of nitrogens with one attached hydrogen (secondary N) is 1. The van der Waals surface area contributed by atoms with Gasteiger partial charge in [0.25, 0.3) is 0 Å². The number of rotatable bonds is 9. The lowest BCUT2D eigenvalue weighted by Crippen LogP contribution is -2.54. The summed E-state index contributed by atoms with van der Waals surface area (Å²) in [5, 5.41) is 12.1. The molecule has 1 unspecified atom stereocenters. The molecule has 2 atom stereocenters. The predicted octanol–water partition coefficient (Wildman–Crippen LogP) is 4.90. The Morgan fingerprint density at radius 1 is 1.03 bits per heavy atom. The minimum atomic E-state index is -1.09. The van der Waals surface area contributed by atoms with Crippen molar-refractivity contribution in [3.63, 3.8) is 0 Å². The van der Waals surface area contributed by atoms with Gasteiger partial charge in [-0.1, -0.05) is 89.6 Å². The van der Waals surface area contributed by atoms with E-state index in [0.29, 0.717) is 6.42 Å². The van der Waals surface area contributed by atoms with Crippen molar-refractivity contribution < 1.29 is 24.2 Å². The van der Waals surface area contributed by atoms with Crippen LogP contribution in [0.1, 0.15) is 58.1 Å². The summed E-state index contributed by atoms with van der Waals surface area (Å²) in [5.41, 5.74) is 4.18. The first kappa shape index (κ1) is 26.3. The Labute approximate surface area is 207 Å². The zero-order valence-corrected chi connectivity index (χ0v) is 21.2. The van der Waals surface area contributed by atoms with Gasteiger partial charge in [0.2, 0.25) is 5.91 Å². The molecule has 0 radical (unpaired) electrons. The van der Waals surface area contributed by atoms with Gasteiger partial charge in [0.05, 0.1) is 0 Å². The first-order valence-electron chi connectivity index (χ1n) is 12.1. The van der Waals surface area contributed by atoms with E-state index >= 15 is 0 Å². The number of ether oxygens (including phenoxy) is 1. The number of carboxylic acids is 1. The second-order valence-corrected chi connectivity index (χ2v) is 10.5. The monoisotopic (exact) mass is 480 g/mol. The number of nitrogens with zero attached hydrogens (tertiary/aromatic N) is 1. The van der Waals surface area contributed by atoms with Crippen LogP contribution in [0.2, 0.25) is 0 Å². The van der Waals surface area contributed by atoms with Gasteiger partial charge in [-0.2, -0.15) is 0 Å². The molecule has 2 amide bonds. The normalized spacial score (nSPS) is 14.4. The van der Waals surface area contributed by atoms with Gasteiger partial charge in [-0.05, 0) is 33.6 Å². The molecule has 188 valence electrons. The van der Waals surface area contributed by atoms with E-state index < -0.39 is 30.6 Å². The topological polar surface area (TPSA) is 95.9 Å². The van der Waals surface area contributed by atoms with Crippen molar-refractivity contribution in [1.29, 1.82) is 0 Å². The highest BCUT2D eigenvalue weighted by Gasteiger charge is 2.34. The molecule has 0 heterocycles. The van der Waals surface area contributed by atoms with E-state index in [4.69, 9.17) is 4.74 Å². The van der Waals surface area contributed by atoms with Gasteiger partial charge in [-0.15, -0.1) is 0 Å². The second-order valence-electron chi connectivity index (χ2n) is 10.5. The molecule has 7 nitrogen and oxygen atoms in total. The highest BCUT2D eigenvalue weighted by Crippen LogP contribution is 2.44. The number of benzene rings is 2. The summed E-state index contributed by atoms with van der Waals surface area (Å²) >= 11 is 0. The standard InChI is InChI=1S/C28H36N2O5/c1-6-18(2)25(26(33)30(15-24(31)32)17-28(3,4)5)29-27(34)35-16-23-21-13-9-7-11-19(21)20-12-8-10-14-22(20)23/h7-14,18,23,25H,6,15-17H2,1-5H3,(H,29,34)(H,31,32)/t18?,25-/m0/s1. The number of aliphatic carboxylic acids is 1. The Morgan fingerprint density at radius 2 is 1.57 bits per heavy atom. The van der Waals surface area contributed by atoms with Crippen molar-refractivity contribution in [2.75, 3.05) is 19.7 Å². The van der Waals surface area contributed by atoms with Crippen molar-refractivity contribution in [2.24, 2.45) is 11.3 Å². The maximum atomic E-state index is 13.4. The van der Waals surface area contributed by atoms with Crippen molar-refractivity contribution in [2.45, 2.75) is 53.0 Å². The van der Waals surface area contributed by atoms with Crippen LogP contribution in [0.4, 0.5) is 4.79 Å². The minimum Gasteiger partial charge on any atom is -0.480 e. The molecule has 3 rings (SSSR count). The molecule has 0 spiro atoms. The van der Waals surface area contributed by atoms with E-state index in [2.05, 4.69) is 17.4 Å². The second kappa shape index (κ2) is 10.9. The molecule has 0 aliphatic heterocycles. The molecular formula is C28H36N2O5. The number of carbonyl (C=O) groups excluding carboxylic acids is 2. The van der Waals surface area contributed by atoms with Crippen LogP contribution in [-0.4, -0.2) is 53.7 Å². The molecule has 0 bridgehead atoms. The number of hydrogen-bond acceptors (Lipinski definition) is 4. The smallest absolute Gasteiger partial charge is 0.407 e. The molecule has 2 aromatic rings. The Kier molecular flexibility index (Phi) is 8.20. The van der Waals surface area contributed by atoms with Crippen LogP contribution in [0.25, 0.3) is 11.1 Å². The molecule has 1 aliphatic rings. The Bertz CT molecular complexity index is 1030. The highest BCUT2D eigenvalue weighted by atomic mass is 16.5. The Balaban J connectivity index is 1.73. The van der Waals surface area contributed by atoms with Gasteiger partial charge in [0, 0.05) is 12.5 Å². The summed E-state index contributed by atoms with van der Waals surface area (Å²) in [7, 11) is 0. The first-order valence-corrected chi connectivity index (χ1v) is 12.1. The minimum absolute atomic E-state index is 0.0877. The Morgan fingerprint density at radius 3 is 2.06 bits per heavy atom. The molecule has 0 saturated carbocycles. The fourth-order valence-electron chi connectivity index (χ4n) is 4.59. The lowest BCUT2D eigenvalue weighted by Gasteiger charge is -2.33. The van der Waals surface area contributed by atoms with Gasteiger partial charge in [-0.25, -0.2) is 4.79 Å². The van der Waals surface area contributed by atoms with Gasteiger partial charge in [0.1, 0.15) is 19.2 Å². The number of carboxylic acid groups (broad SMARTS) is 1. The van der Waals surface area contributed by atoms with E-state index in [1.807, 2.05) is 71.0 Å². The maximum Gasteiger partial charge on any atom is 0.407 e. The van der Waals surface area contributed by atoms with Crippen LogP contribution in [0.15, 0.2) is 48.5 Å². The van der Waals surface area contributed by atoms with Gasteiger partial charge in [0.15, 0.2) is 0 Å². The number of hydrogen-bond donors (Lipinski definition) is 2. The fourth-order valence-corrected chi connectivity index (χ4v) is 4.59. The Hall–Kier alpha value is -3.35. The lowest BCUT2D eigenvalue weighted by atomic mass is 9.93. The molecule has 2 aromatic carbocycles. The summed E-state index contributed by atoms with van der Waals surface area (Å²) < 4.78 is 5.64. The van der Waals surface area contributed by atoms with E-state index in [-0.39, 0.29) is 30.4 Å². The third-order valence-electron chi connectivity index (χ3n) is 6.40. The molecule has 35 heavy (non-hydrogen) atoms. The fraction of sp³-hybridized carbons (Fsp3) is 0.464. The highest BCUT2D eigenvalue weighted by molar-refractivity contribution is 5.88. The van der Waals surface area contributed by atoms with Gasteiger partial charge < -0.3 is 20.1 Å². The number of alkyl carbamates (subject to hydrolysis) is 1. The molecule has 0 saturated heterocycles. The molecular weight excluding hydrogens is 444 g/mol. The number of carbonyl (C=O) groups is 3. The molecule has 0 aromatic heterocycles. The largest absolute Gasteiger partial charge is 0.480 e. The summed E-state index contributed by atoms with van der Waals surface area (Å²) in [4.78, 5) is 39.0. The van der Waals surface area contributed by atoms with Crippen molar-refractivity contribution in [1.82, 2.24) is 10.2 Å². The van der Waals surface area contributed by atoms with E-state index in [1.165, 1.54) is 4.90 Å². The van der Waals surface area contributed by atoms with E-state index in [9.17, 15) is 19.5 Å². The van der Waals surface area contributed by atoms with E-state index in [1.54, 1.807) is 0 Å². The molecule has 7 heteroatoms. The molecule has 0 fully saturated rings. The van der Waals surface area contributed by atoms with Crippen molar-refractivity contribution >= 4 is 18.0 Å². The van der Waals surface area contributed by atoms with Crippen LogP contribution < -0.4 is 5.32 Å². The third-order valence-corrected chi connectivity index (χ3v) is 6.40. The van der Waals surface area contributed by atoms with Crippen LogP contribution in [-0.2, 0) is 14.3 Å². The first-order chi connectivity index (χ1) is 16.5. The summed E-state index contributed by atoms with van der Waals surface area (Å²) in [6.07, 6.45) is -0.0483. The predicted molar refractivity (Wildman–Crippen MR) is 135 cm³/mol. The third kappa shape index (κ3) is 6.41. The van der Waals surface area contributed by atoms with Crippen LogP contribution in [0.3, 0.4) is 0 Å².